The molecule has 0 aliphatic rings. The van der Waals surface area contributed by atoms with Gasteiger partial charge in [0.1, 0.15) is 0 Å². The zero-order chi connectivity index (χ0) is 11.0. The van der Waals surface area contributed by atoms with Gasteiger partial charge in [-0.1, -0.05) is 6.92 Å². The number of nitrogens with zero attached hydrogens (tertiary/aromatic N) is 2. The normalized spacial score (nSPS) is 12.4. The predicted molar refractivity (Wildman–Crippen MR) is 61.1 cm³/mol. The van der Waals surface area contributed by atoms with Gasteiger partial charge in [0.15, 0.2) is 0 Å². The summed E-state index contributed by atoms with van der Waals surface area (Å²) in [5.74, 6) is 5.97. The second-order valence-corrected chi connectivity index (χ2v) is 3.57. The zero-order valence-corrected chi connectivity index (χ0v) is 9.67. The number of hydrazine groups is 1. The van der Waals surface area contributed by atoms with E-state index in [1.165, 1.54) is 0 Å². The Kier molecular flexibility index (Phi) is 7.14. The van der Waals surface area contributed by atoms with Crippen molar-refractivity contribution >= 4 is 5.96 Å². The number of hydrogen-bond donors (Lipinski definition) is 3. The predicted octanol–water partition coefficient (Wildman–Crippen LogP) is -0.245. The maximum absolute atomic E-state index is 5.31. The molecule has 0 aromatic rings. The first-order valence-electron chi connectivity index (χ1n) is 5.06. The lowest BCUT2D eigenvalue weighted by Crippen LogP contribution is -2.44. The van der Waals surface area contributed by atoms with Gasteiger partial charge >= 0.3 is 0 Å². The van der Waals surface area contributed by atoms with Gasteiger partial charge in [0.25, 0.3) is 0 Å². The minimum absolute atomic E-state index is 0.341. The summed E-state index contributed by atoms with van der Waals surface area (Å²) in [5.41, 5.74) is 2.55. The van der Waals surface area contributed by atoms with Crippen molar-refractivity contribution in [1.82, 2.24) is 15.6 Å². The lowest BCUT2D eigenvalue weighted by molar-refractivity contribution is 0.363. The van der Waals surface area contributed by atoms with Crippen molar-refractivity contribution in [3.05, 3.63) is 0 Å². The summed E-state index contributed by atoms with van der Waals surface area (Å²) in [7, 11) is 2.07. The van der Waals surface area contributed by atoms with Crippen molar-refractivity contribution in [3.63, 3.8) is 0 Å². The molecule has 0 rings (SSSR count). The van der Waals surface area contributed by atoms with Gasteiger partial charge in [0.05, 0.1) is 6.54 Å². The highest BCUT2D eigenvalue weighted by molar-refractivity contribution is 5.79. The quantitative estimate of drug-likeness (QED) is 0.248. The minimum Gasteiger partial charge on any atom is -0.353 e. The molecule has 0 saturated heterocycles. The number of nitrogens with one attached hydrogen (secondary N) is 2. The second-order valence-electron chi connectivity index (χ2n) is 3.57. The molecule has 0 unspecified atom stereocenters. The van der Waals surface area contributed by atoms with Crippen molar-refractivity contribution < 1.29 is 0 Å². The Morgan fingerprint density at radius 1 is 1.50 bits per heavy atom. The number of rotatable bonds is 5. The maximum Gasteiger partial charge on any atom is 0.205 e. The molecule has 0 atom stereocenters. The summed E-state index contributed by atoms with van der Waals surface area (Å²) in [6, 6.07) is 0.341. The summed E-state index contributed by atoms with van der Waals surface area (Å²) in [6.07, 6.45) is 0. The van der Waals surface area contributed by atoms with Crippen LogP contribution in [0.5, 0.6) is 0 Å². The Hall–Kier alpha value is -0.810. The molecule has 0 radical (unpaired) electrons. The van der Waals surface area contributed by atoms with Crippen LogP contribution in [0.15, 0.2) is 4.99 Å². The minimum atomic E-state index is 0.341. The Morgan fingerprint density at radius 2 is 2.14 bits per heavy atom. The standard InChI is InChI=1S/C9H23N5/c1-5-14(4)7-6-11-9(13-10)12-8(2)3/h8H,5-7,10H2,1-4H3,(H2,11,12,13). The van der Waals surface area contributed by atoms with E-state index in [0.717, 1.165) is 19.6 Å². The summed E-state index contributed by atoms with van der Waals surface area (Å²) < 4.78 is 0. The first kappa shape index (κ1) is 13.2. The van der Waals surface area contributed by atoms with E-state index in [1.807, 2.05) is 13.8 Å². The molecule has 0 saturated carbocycles. The van der Waals surface area contributed by atoms with Gasteiger partial charge in [-0.3, -0.25) is 10.4 Å². The van der Waals surface area contributed by atoms with Crippen LogP contribution in [-0.2, 0) is 0 Å². The molecule has 0 amide bonds. The molecule has 5 nitrogen and oxygen atoms in total. The van der Waals surface area contributed by atoms with Crippen molar-refractivity contribution in [2.24, 2.45) is 10.8 Å². The van der Waals surface area contributed by atoms with Crippen LogP contribution in [0.2, 0.25) is 0 Å². The lowest BCUT2D eigenvalue weighted by atomic mass is 10.4. The van der Waals surface area contributed by atoms with Crippen molar-refractivity contribution in [1.29, 1.82) is 0 Å². The molecule has 0 spiro atoms. The van der Waals surface area contributed by atoms with Crippen LogP contribution >= 0.6 is 0 Å². The maximum atomic E-state index is 5.31. The SMILES string of the molecule is CCN(C)CCN=C(NN)NC(C)C. The number of nitrogens with two attached hydrogens (primary N) is 1. The van der Waals surface area contributed by atoms with Crippen LogP contribution in [0.4, 0.5) is 0 Å². The highest BCUT2D eigenvalue weighted by Crippen LogP contribution is 1.82. The molecular weight excluding hydrogens is 178 g/mol. The lowest BCUT2D eigenvalue weighted by Gasteiger charge is -2.14. The summed E-state index contributed by atoms with van der Waals surface area (Å²) in [6.45, 7) is 8.96. The van der Waals surface area contributed by atoms with Gasteiger partial charge in [-0.25, -0.2) is 5.84 Å². The zero-order valence-electron chi connectivity index (χ0n) is 9.67. The van der Waals surface area contributed by atoms with Crippen LogP contribution in [0.3, 0.4) is 0 Å². The number of likely N-dealkylation sites (N-methyl/N-ethyl adjacent to an activating group) is 1. The van der Waals surface area contributed by atoms with Crippen LogP contribution in [0.25, 0.3) is 0 Å². The Bertz CT molecular complexity index is 167. The largest absolute Gasteiger partial charge is 0.353 e. The van der Waals surface area contributed by atoms with E-state index < -0.39 is 0 Å². The molecule has 0 fully saturated rings. The highest BCUT2D eigenvalue weighted by Gasteiger charge is 1.98. The van der Waals surface area contributed by atoms with Crippen LogP contribution in [-0.4, -0.2) is 43.6 Å². The summed E-state index contributed by atoms with van der Waals surface area (Å²) in [5, 5.41) is 3.12. The van der Waals surface area contributed by atoms with Gasteiger partial charge in [0.2, 0.25) is 5.96 Å². The summed E-state index contributed by atoms with van der Waals surface area (Å²) >= 11 is 0. The second kappa shape index (κ2) is 7.58. The van der Waals surface area contributed by atoms with E-state index in [4.69, 9.17) is 5.84 Å². The van der Waals surface area contributed by atoms with Crippen LogP contribution in [0.1, 0.15) is 20.8 Å². The van der Waals surface area contributed by atoms with Gasteiger partial charge in [-0.05, 0) is 27.4 Å². The van der Waals surface area contributed by atoms with Crippen molar-refractivity contribution in [2.75, 3.05) is 26.7 Å². The molecule has 14 heavy (non-hydrogen) atoms. The van der Waals surface area contributed by atoms with E-state index in [1.54, 1.807) is 0 Å². The number of guanidine groups is 1. The van der Waals surface area contributed by atoms with Crippen molar-refractivity contribution in [2.45, 2.75) is 26.8 Å². The average Bonchev–Trinajstić information content (AvgIpc) is 2.15. The molecule has 0 heterocycles. The van der Waals surface area contributed by atoms with E-state index in [9.17, 15) is 0 Å². The number of hydrogen-bond acceptors (Lipinski definition) is 3. The average molecular weight is 201 g/mol. The molecule has 4 N–H and O–H groups in total. The van der Waals surface area contributed by atoms with E-state index in [0.29, 0.717) is 12.0 Å². The Balaban J connectivity index is 3.80. The molecular formula is C9H23N5. The molecule has 0 aromatic carbocycles. The molecule has 5 heteroatoms. The number of aliphatic imine (C=N–C) groups is 1. The van der Waals surface area contributed by atoms with Gasteiger partial charge in [0, 0.05) is 12.6 Å². The molecule has 84 valence electrons. The van der Waals surface area contributed by atoms with Crippen LogP contribution < -0.4 is 16.6 Å². The summed E-state index contributed by atoms with van der Waals surface area (Å²) in [4.78, 5) is 6.50. The first-order chi connectivity index (χ1) is 6.60. The fourth-order valence-electron chi connectivity index (χ4n) is 0.897. The monoisotopic (exact) mass is 201 g/mol. The molecule has 0 aliphatic carbocycles. The van der Waals surface area contributed by atoms with Gasteiger partial charge in [-0.2, -0.15) is 0 Å². The van der Waals surface area contributed by atoms with E-state index in [-0.39, 0.29) is 0 Å². The van der Waals surface area contributed by atoms with Gasteiger partial charge < -0.3 is 10.2 Å². The molecule has 0 bridgehead atoms. The highest BCUT2D eigenvalue weighted by atomic mass is 15.3. The topological polar surface area (TPSA) is 65.7 Å². The van der Waals surface area contributed by atoms with Crippen LogP contribution in [0, 0.1) is 0 Å². The fourth-order valence-corrected chi connectivity index (χ4v) is 0.897. The Labute approximate surface area is 86.7 Å². The fraction of sp³-hybridized carbons (Fsp3) is 0.889. The van der Waals surface area contributed by atoms with Crippen molar-refractivity contribution in [3.8, 4) is 0 Å². The Morgan fingerprint density at radius 3 is 2.57 bits per heavy atom. The third kappa shape index (κ3) is 6.68. The third-order valence-corrected chi connectivity index (χ3v) is 1.85. The first-order valence-corrected chi connectivity index (χ1v) is 5.06. The molecule has 0 aliphatic heterocycles. The van der Waals surface area contributed by atoms with E-state index >= 15 is 0 Å². The smallest absolute Gasteiger partial charge is 0.205 e. The van der Waals surface area contributed by atoms with E-state index in [2.05, 4.69) is 34.6 Å². The third-order valence-electron chi connectivity index (χ3n) is 1.85. The van der Waals surface area contributed by atoms with Gasteiger partial charge in [-0.15, -0.1) is 0 Å². The molecule has 0 aromatic heterocycles.